The lowest BCUT2D eigenvalue weighted by Crippen LogP contribution is -2.44. The van der Waals surface area contributed by atoms with E-state index >= 15 is 0 Å². The topological polar surface area (TPSA) is 41.1 Å². The van der Waals surface area contributed by atoms with Gasteiger partial charge in [-0.05, 0) is 57.0 Å². The zero-order valence-corrected chi connectivity index (χ0v) is 10.6. The Kier molecular flexibility index (Phi) is 4.31. The van der Waals surface area contributed by atoms with Crippen LogP contribution in [0.5, 0.6) is 0 Å². The molecule has 0 radical (unpaired) electrons. The van der Waals surface area contributed by atoms with E-state index in [4.69, 9.17) is 0 Å². The van der Waals surface area contributed by atoms with Crippen molar-refractivity contribution in [1.29, 1.82) is 0 Å². The summed E-state index contributed by atoms with van der Waals surface area (Å²) in [6.45, 7) is 4.00. The number of halogens is 1. The van der Waals surface area contributed by atoms with Crippen molar-refractivity contribution in [2.24, 2.45) is 5.92 Å². The van der Waals surface area contributed by atoms with Gasteiger partial charge in [0.1, 0.15) is 5.82 Å². The summed E-state index contributed by atoms with van der Waals surface area (Å²) >= 11 is 0. The van der Waals surface area contributed by atoms with E-state index in [-0.39, 0.29) is 17.8 Å². The van der Waals surface area contributed by atoms with Crippen molar-refractivity contribution in [3.05, 3.63) is 35.6 Å². The van der Waals surface area contributed by atoms with Gasteiger partial charge in [0.15, 0.2) is 0 Å². The zero-order valence-electron chi connectivity index (χ0n) is 10.6. The molecule has 2 N–H and O–H groups in total. The summed E-state index contributed by atoms with van der Waals surface area (Å²) in [4.78, 5) is 12.0. The van der Waals surface area contributed by atoms with Crippen LogP contribution in [-0.2, 0) is 0 Å². The average molecular weight is 250 g/mol. The third-order valence-corrected chi connectivity index (χ3v) is 3.49. The van der Waals surface area contributed by atoms with Crippen LogP contribution in [0.3, 0.4) is 0 Å². The summed E-state index contributed by atoms with van der Waals surface area (Å²) < 4.78 is 13.0. The number of benzene rings is 1. The Labute approximate surface area is 107 Å². The summed E-state index contributed by atoms with van der Waals surface area (Å²) in [7, 11) is 0. The molecule has 0 spiro atoms. The molecule has 1 aliphatic rings. The summed E-state index contributed by atoms with van der Waals surface area (Å²) in [6.07, 6.45) is 2.27. The van der Waals surface area contributed by atoms with Crippen LogP contribution in [0, 0.1) is 11.7 Å². The SMILES string of the molecule is CC(NC(=O)c1cccc(F)c1)C1CCCNC1. The number of carbonyl (C=O) groups is 1. The Hall–Kier alpha value is -1.42. The molecule has 1 saturated heterocycles. The maximum atomic E-state index is 13.0. The lowest BCUT2D eigenvalue weighted by atomic mass is 9.92. The lowest BCUT2D eigenvalue weighted by Gasteiger charge is -2.28. The molecule has 2 unspecified atom stereocenters. The number of rotatable bonds is 3. The second-order valence-corrected chi connectivity index (χ2v) is 4.88. The second kappa shape index (κ2) is 5.96. The van der Waals surface area contributed by atoms with Crippen molar-refractivity contribution in [3.8, 4) is 0 Å². The van der Waals surface area contributed by atoms with E-state index in [9.17, 15) is 9.18 Å². The first-order chi connectivity index (χ1) is 8.66. The molecule has 1 aromatic rings. The Morgan fingerprint density at radius 3 is 3.06 bits per heavy atom. The molecular formula is C14H19FN2O. The van der Waals surface area contributed by atoms with Gasteiger partial charge in [-0.3, -0.25) is 4.79 Å². The van der Waals surface area contributed by atoms with E-state index in [0.717, 1.165) is 25.9 Å². The predicted octanol–water partition coefficient (Wildman–Crippen LogP) is 1.94. The van der Waals surface area contributed by atoms with Crippen LogP contribution in [0.2, 0.25) is 0 Å². The fourth-order valence-corrected chi connectivity index (χ4v) is 2.34. The van der Waals surface area contributed by atoms with Gasteiger partial charge in [0.05, 0.1) is 0 Å². The standard InChI is InChI=1S/C14H19FN2O/c1-10(12-5-3-7-16-9-12)17-14(18)11-4-2-6-13(15)8-11/h2,4,6,8,10,12,16H,3,5,7,9H2,1H3,(H,17,18). The molecule has 3 nitrogen and oxygen atoms in total. The highest BCUT2D eigenvalue weighted by molar-refractivity contribution is 5.94. The minimum atomic E-state index is -0.380. The zero-order chi connectivity index (χ0) is 13.0. The minimum Gasteiger partial charge on any atom is -0.349 e. The van der Waals surface area contributed by atoms with Gasteiger partial charge in [-0.15, -0.1) is 0 Å². The normalized spacial score (nSPS) is 21.3. The summed E-state index contributed by atoms with van der Waals surface area (Å²) in [5.74, 6) is -0.126. The molecular weight excluding hydrogens is 231 g/mol. The fraction of sp³-hybridized carbons (Fsp3) is 0.500. The Morgan fingerprint density at radius 1 is 1.56 bits per heavy atom. The van der Waals surface area contributed by atoms with E-state index in [0.29, 0.717) is 11.5 Å². The number of carbonyl (C=O) groups excluding carboxylic acids is 1. The van der Waals surface area contributed by atoms with E-state index in [1.54, 1.807) is 12.1 Å². The number of piperidine rings is 1. The van der Waals surface area contributed by atoms with Crippen LogP contribution in [-0.4, -0.2) is 25.0 Å². The Morgan fingerprint density at radius 2 is 2.39 bits per heavy atom. The smallest absolute Gasteiger partial charge is 0.251 e. The van der Waals surface area contributed by atoms with Gasteiger partial charge in [0.25, 0.3) is 5.91 Å². The van der Waals surface area contributed by atoms with Crippen molar-refractivity contribution < 1.29 is 9.18 Å². The predicted molar refractivity (Wildman–Crippen MR) is 68.9 cm³/mol. The highest BCUT2D eigenvalue weighted by Crippen LogP contribution is 2.14. The van der Waals surface area contributed by atoms with Crippen LogP contribution in [0.25, 0.3) is 0 Å². The molecule has 1 aliphatic heterocycles. The number of hydrogen-bond donors (Lipinski definition) is 2. The number of nitrogens with one attached hydrogen (secondary N) is 2. The third-order valence-electron chi connectivity index (χ3n) is 3.49. The maximum absolute atomic E-state index is 13.0. The minimum absolute atomic E-state index is 0.105. The van der Waals surface area contributed by atoms with Crippen LogP contribution in [0.4, 0.5) is 4.39 Å². The molecule has 1 aromatic carbocycles. The van der Waals surface area contributed by atoms with Crippen molar-refractivity contribution in [2.45, 2.75) is 25.8 Å². The first-order valence-electron chi connectivity index (χ1n) is 6.44. The lowest BCUT2D eigenvalue weighted by molar-refractivity contribution is 0.0921. The van der Waals surface area contributed by atoms with Gasteiger partial charge >= 0.3 is 0 Å². The fourth-order valence-electron chi connectivity index (χ4n) is 2.34. The molecule has 18 heavy (non-hydrogen) atoms. The Balaban J connectivity index is 1.94. The summed E-state index contributed by atoms with van der Waals surface area (Å²) in [5.41, 5.74) is 0.380. The largest absolute Gasteiger partial charge is 0.349 e. The second-order valence-electron chi connectivity index (χ2n) is 4.88. The van der Waals surface area contributed by atoms with Gasteiger partial charge < -0.3 is 10.6 Å². The van der Waals surface area contributed by atoms with Crippen molar-refractivity contribution in [3.63, 3.8) is 0 Å². The molecule has 0 saturated carbocycles. The first kappa shape index (κ1) is 13.0. The number of amides is 1. The van der Waals surface area contributed by atoms with E-state index in [1.807, 2.05) is 6.92 Å². The van der Waals surface area contributed by atoms with E-state index < -0.39 is 0 Å². The molecule has 1 fully saturated rings. The molecule has 98 valence electrons. The quantitative estimate of drug-likeness (QED) is 0.861. The van der Waals surface area contributed by atoms with Gasteiger partial charge in [-0.25, -0.2) is 4.39 Å². The van der Waals surface area contributed by atoms with Crippen molar-refractivity contribution in [1.82, 2.24) is 10.6 Å². The molecule has 0 aromatic heterocycles. The van der Waals surface area contributed by atoms with Crippen molar-refractivity contribution >= 4 is 5.91 Å². The monoisotopic (exact) mass is 250 g/mol. The van der Waals surface area contributed by atoms with E-state index in [1.165, 1.54) is 12.1 Å². The first-order valence-corrected chi connectivity index (χ1v) is 6.44. The average Bonchev–Trinajstić information content (AvgIpc) is 2.39. The molecule has 1 amide bonds. The molecule has 0 aliphatic carbocycles. The van der Waals surface area contributed by atoms with Crippen LogP contribution < -0.4 is 10.6 Å². The summed E-state index contributed by atoms with van der Waals surface area (Å²) in [6, 6.07) is 5.89. The Bertz CT molecular complexity index is 416. The summed E-state index contributed by atoms with van der Waals surface area (Å²) in [5, 5.41) is 6.27. The third kappa shape index (κ3) is 3.29. The molecule has 1 heterocycles. The molecule has 2 atom stereocenters. The highest BCUT2D eigenvalue weighted by Gasteiger charge is 2.21. The van der Waals surface area contributed by atoms with Crippen LogP contribution in [0.15, 0.2) is 24.3 Å². The molecule has 2 rings (SSSR count). The van der Waals surface area contributed by atoms with Crippen LogP contribution >= 0.6 is 0 Å². The van der Waals surface area contributed by atoms with Gasteiger partial charge in [0.2, 0.25) is 0 Å². The molecule has 0 bridgehead atoms. The highest BCUT2D eigenvalue weighted by atomic mass is 19.1. The van der Waals surface area contributed by atoms with Gasteiger partial charge in [-0.2, -0.15) is 0 Å². The van der Waals surface area contributed by atoms with Crippen LogP contribution in [0.1, 0.15) is 30.1 Å². The molecule has 4 heteroatoms. The maximum Gasteiger partial charge on any atom is 0.251 e. The van der Waals surface area contributed by atoms with E-state index in [2.05, 4.69) is 10.6 Å². The number of hydrogen-bond acceptors (Lipinski definition) is 2. The van der Waals surface area contributed by atoms with Gasteiger partial charge in [0, 0.05) is 11.6 Å². The van der Waals surface area contributed by atoms with Crippen molar-refractivity contribution in [2.75, 3.05) is 13.1 Å². The van der Waals surface area contributed by atoms with Gasteiger partial charge in [-0.1, -0.05) is 6.07 Å².